The second-order valence-electron chi connectivity index (χ2n) is 3.34. The Morgan fingerprint density at radius 3 is 2.86 bits per heavy atom. The highest BCUT2D eigenvalue weighted by Gasteiger charge is 2.02. The van der Waals surface area contributed by atoms with Crippen LogP contribution in [0.3, 0.4) is 0 Å². The SMILES string of the molecule is Cc1ncsc1CNC(=S)NC(C)C. The molecule has 2 N–H and O–H groups in total. The highest BCUT2D eigenvalue weighted by molar-refractivity contribution is 7.80. The second kappa shape index (κ2) is 5.26. The molecular weight excluding hydrogens is 214 g/mol. The van der Waals surface area contributed by atoms with Gasteiger partial charge in [-0.25, -0.2) is 4.98 Å². The van der Waals surface area contributed by atoms with Crippen LogP contribution in [0.1, 0.15) is 24.4 Å². The molecule has 78 valence electrons. The average molecular weight is 229 g/mol. The molecule has 5 heteroatoms. The molecule has 0 aliphatic rings. The number of nitrogens with one attached hydrogen (secondary N) is 2. The molecule has 0 saturated heterocycles. The van der Waals surface area contributed by atoms with Crippen molar-refractivity contribution in [2.24, 2.45) is 0 Å². The first-order valence-corrected chi connectivity index (χ1v) is 5.81. The Morgan fingerprint density at radius 1 is 1.64 bits per heavy atom. The molecule has 0 atom stereocenters. The second-order valence-corrected chi connectivity index (χ2v) is 4.69. The van der Waals surface area contributed by atoms with Crippen LogP contribution in [0, 0.1) is 6.92 Å². The first kappa shape index (κ1) is 11.4. The van der Waals surface area contributed by atoms with Crippen molar-refractivity contribution in [2.75, 3.05) is 0 Å². The van der Waals surface area contributed by atoms with Gasteiger partial charge < -0.3 is 10.6 Å². The Hall–Kier alpha value is -0.680. The molecular formula is C9H15N3S2. The maximum absolute atomic E-state index is 5.11. The fourth-order valence-electron chi connectivity index (χ4n) is 0.970. The molecule has 0 spiro atoms. The summed E-state index contributed by atoms with van der Waals surface area (Å²) in [6, 6.07) is 0.373. The predicted molar refractivity (Wildman–Crippen MR) is 64.6 cm³/mol. The number of rotatable bonds is 3. The number of nitrogens with zero attached hydrogens (tertiary/aromatic N) is 1. The van der Waals surface area contributed by atoms with Crippen molar-refractivity contribution in [3.8, 4) is 0 Å². The van der Waals surface area contributed by atoms with Crippen molar-refractivity contribution in [3.05, 3.63) is 16.1 Å². The predicted octanol–water partition coefficient (Wildman–Crippen LogP) is 1.82. The van der Waals surface area contributed by atoms with Gasteiger partial charge in [-0.05, 0) is 33.0 Å². The summed E-state index contributed by atoms with van der Waals surface area (Å²) < 4.78 is 0. The Balaban J connectivity index is 2.34. The van der Waals surface area contributed by atoms with E-state index in [4.69, 9.17) is 12.2 Å². The van der Waals surface area contributed by atoms with Gasteiger partial charge in [0.25, 0.3) is 0 Å². The lowest BCUT2D eigenvalue weighted by molar-refractivity contribution is 0.713. The first-order chi connectivity index (χ1) is 6.59. The maximum atomic E-state index is 5.11. The van der Waals surface area contributed by atoms with E-state index in [1.54, 1.807) is 11.3 Å². The topological polar surface area (TPSA) is 37.0 Å². The van der Waals surface area contributed by atoms with Crippen molar-refractivity contribution >= 4 is 28.7 Å². The summed E-state index contributed by atoms with van der Waals surface area (Å²) in [4.78, 5) is 5.40. The van der Waals surface area contributed by atoms with E-state index in [0.717, 1.165) is 12.2 Å². The summed E-state index contributed by atoms with van der Waals surface area (Å²) in [5.41, 5.74) is 2.93. The minimum absolute atomic E-state index is 0.373. The Kier molecular flexibility index (Phi) is 4.28. The van der Waals surface area contributed by atoms with Crippen LogP contribution in [-0.2, 0) is 6.54 Å². The Labute approximate surface area is 93.9 Å². The third-order valence-electron chi connectivity index (χ3n) is 1.67. The average Bonchev–Trinajstić information content (AvgIpc) is 2.46. The minimum Gasteiger partial charge on any atom is -0.361 e. The van der Waals surface area contributed by atoms with Gasteiger partial charge in [0, 0.05) is 10.9 Å². The summed E-state index contributed by atoms with van der Waals surface area (Å²) in [6.45, 7) is 6.89. The van der Waals surface area contributed by atoms with Crippen molar-refractivity contribution in [1.82, 2.24) is 15.6 Å². The van der Waals surface area contributed by atoms with Gasteiger partial charge >= 0.3 is 0 Å². The number of thiazole rings is 1. The number of hydrogen-bond acceptors (Lipinski definition) is 3. The maximum Gasteiger partial charge on any atom is 0.166 e. The van der Waals surface area contributed by atoms with Gasteiger partial charge in [-0.3, -0.25) is 0 Å². The lowest BCUT2D eigenvalue weighted by Crippen LogP contribution is -2.38. The standard InChI is InChI=1S/C9H15N3S2/c1-6(2)12-9(13)10-4-8-7(3)11-5-14-8/h5-6H,4H2,1-3H3,(H2,10,12,13). The number of aromatic nitrogens is 1. The summed E-state index contributed by atoms with van der Waals surface area (Å²) >= 11 is 6.76. The van der Waals surface area contributed by atoms with E-state index in [1.165, 1.54) is 4.88 Å². The molecule has 0 bridgehead atoms. The zero-order chi connectivity index (χ0) is 10.6. The fraction of sp³-hybridized carbons (Fsp3) is 0.556. The van der Waals surface area contributed by atoms with E-state index in [9.17, 15) is 0 Å². The number of thiocarbonyl (C=S) groups is 1. The van der Waals surface area contributed by atoms with Crippen molar-refractivity contribution < 1.29 is 0 Å². The van der Waals surface area contributed by atoms with Crippen LogP contribution in [0.15, 0.2) is 5.51 Å². The van der Waals surface area contributed by atoms with Crippen LogP contribution in [0.25, 0.3) is 0 Å². The first-order valence-electron chi connectivity index (χ1n) is 4.53. The van der Waals surface area contributed by atoms with Gasteiger partial charge in [0.1, 0.15) is 0 Å². The van der Waals surface area contributed by atoms with Crippen LogP contribution in [0.4, 0.5) is 0 Å². The summed E-state index contributed by atoms with van der Waals surface area (Å²) in [7, 11) is 0. The summed E-state index contributed by atoms with van der Waals surface area (Å²) in [5.74, 6) is 0. The molecule has 0 unspecified atom stereocenters. The highest BCUT2D eigenvalue weighted by atomic mass is 32.1. The minimum atomic E-state index is 0.373. The van der Waals surface area contributed by atoms with E-state index in [1.807, 2.05) is 12.4 Å². The molecule has 1 heterocycles. The van der Waals surface area contributed by atoms with Crippen LogP contribution in [0.5, 0.6) is 0 Å². The molecule has 1 aromatic rings. The molecule has 3 nitrogen and oxygen atoms in total. The molecule has 0 radical (unpaired) electrons. The summed E-state index contributed by atoms with van der Waals surface area (Å²) in [6.07, 6.45) is 0. The van der Waals surface area contributed by atoms with E-state index >= 15 is 0 Å². The lowest BCUT2D eigenvalue weighted by Gasteiger charge is -2.12. The monoisotopic (exact) mass is 229 g/mol. The Morgan fingerprint density at radius 2 is 2.36 bits per heavy atom. The van der Waals surface area contributed by atoms with E-state index in [2.05, 4.69) is 29.5 Å². The van der Waals surface area contributed by atoms with E-state index in [-0.39, 0.29) is 0 Å². The Bertz CT molecular complexity index is 307. The molecule has 0 aliphatic heterocycles. The van der Waals surface area contributed by atoms with Crippen LogP contribution < -0.4 is 10.6 Å². The third kappa shape index (κ3) is 3.59. The van der Waals surface area contributed by atoms with Crippen molar-refractivity contribution in [1.29, 1.82) is 0 Å². The molecule has 0 aliphatic carbocycles. The van der Waals surface area contributed by atoms with E-state index < -0.39 is 0 Å². The molecule has 1 aromatic heterocycles. The van der Waals surface area contributed by atoms with Crippen molar-refractivity contribution in [2.45, 2.75) is 33.4 Å². The van der Waals surface area contributed by atoms with E-state index in [0.29, 0.717) is 11.2 Å². The summed E-state index contributed by atoms with van der Waals surface area (Å²) in [5, 5.41) is 6.98. The highest BCUT2D eigenvalue weighted by Crippen LogP contribution is 2.10. The quantitative estimate of drug-likeness (QED) is 0.775. The largest absolute Gasteiger partial charge is 0.361 e. The smallest absolute Gasteiger partial charge is 0.166 e. The number of aryl methyl sites for hydroxylation is 1. The molecule has 0 amide bonds. The molecule has 14 heavy (non-hydrogen) atoms. The van der Waals surface area contributed by atoms with Gasteiger partial charge in [0.05, 0.1) is 17.7 Å². The van der Waals surface area contributed by atoms with Crippen LogP contribution in [-0.4, -0.2) is 16.1 Å². The zero-order valence-electron chi connectivity index (χ0n) is 8.63. The normalized spacial score (nSPS) is 10.3. The van der Waals surface area contributed by atoms with Crippen molar-refractivity contribution in [3.63, 3.8) is 0 Å². The molecule has 0 fully saturated rings. The van der Waals surface area contributed by atoms with Crippen LogP contribution in [0.2, 0.25) is 0 Å². The molecule has 0 saturated carbocycles. The van der Waals surface area contributed by atoms with Gasteiger partial charge in [0.15, 0.2) is 5.11 Å². The lowest BCUT2D eigenvalue weighted by atomic mass is 10.4. The van der Waals surface area contributed by atoms with Gasteiger partial charge in [0.2, 0.25) is 0 Å². The van der Waals surface area contributed by atoms with Crippen LogP contribution >= 0.6 is 23.6 Å². The molecule has 1 rings (SSSR count). The van der Waals surface area contributed by atoms with Gasteiger partial charge in [-0.1, -0.05) is 0 Å². The number of hydrogen-bond donors (Lipinski definition) is 2. The molecule has 0 aromatic carbocycles. The van der Waals surface area contributed by atoms with Gasteiger partial charge in [-0.15, -0.1) is 11.3 Å². The fourth-order valence-corrected chi connectivity index (χ4v) is 1.99. The van der Waals surface area contributed by atoms with Gasteiger partial charge in [-0.2, -0.15) is 0 Å². The third-order valence-corrected chi connectivity index (χ3v) is 2.87. The zero-order valence-corrected chi connectivity index (χ0v) is 10.3.